The van der Waals surface area contributed by atoms with Crippen LogP contribution in [0.25, 0.3) is 5.65 Å². The van der Waals surface area contributed by atoms with Crippen LogP contribution >= 0.6 is 0 Å². The Morgan fingerprint density at radius 1 is 1.35 bits per heavy atom. The van der Waals surface area contributed by atoms with E-state index in [-0.39, 0.29) is 18.0 Å². The second kappa shape index (κ2) is 7.37. The van der Waals surface area contributed by atoms with Crippen LogP contribution in [0, 0.1) is 12.8 Å². The predicted molar refractivity (Wildman–Crippen MR) is 88.6 cm³/mol. The number of carbonyl (C=O) groups is 1. The highest BCUT2D eigenvalue weighted by Crippen LogP contribution is 2.12. The lowest BCUT2D eigenvalue weighted by Crippen LogP contribution is -2.38. The van der Waals surface area contributed by atoms with Gasteiger partial charge in [-0.1, -0.05) is 32.8 Å². The fourth-order valence-electron chi connectivity index (χ4n) is 2.63. The average molecular weight is 317 g/mol. The van der Waals surface area contributed by atoms with Crippen LogP contribution in [0.5, 0.6) is 0 Å². The number of aromatic nitrogens is 2. The zero-order valence-electron chi connectivity index (χ0n) is 13.7. The molecule has 124 valence electrons. The third kappa shape index (κ3) is 3.76. The van der Waals surface area contributed by atoms with Crippen LogP contribution in [0.4, 0.5) is 0 Å². The zero-order chi connectivity index (χ0) is 17.0. The molecule has 0 radical (unpaired) electrons. The van der Waals surface area contributed by atoms with E-state index >= 15 is 0 Å². The lowest BCUT2D eigenvalue weighted by molar-refractivity contribution is 0.0815. The molecule has 2 N–H and O–H groups in total. The molecule has 1 unspecified atom stereocenters. The summed E-state index contributed by atoms with van der Waals surface area (Å²) in [5, 5.41) is 12.7. The van der Waals surface area contributed by atoms with Gasteiger partial charge in [-0.2, -0.15) is 0 Å². The SMILES string of the molecule is CCC(CC)C(O)CNC(=O)c1cnc2ccc(C)cn2c1=O. The number of hydrogen-bond donors (Lipinski definition) is 2. The zero-order valence-corrected chi connectivity index (χ0v) is 13.7. The molecule has 6 heteroatoms. The normalized spacial score (nSPS) is 12.6. The third-order valence-corrected chi connectivity index (χ3v) is 4.16. The molecular formula is C17H23N3O3. The Labute approximate surface area is 135 Å². The lowest BCUT2D eigenvalue weighted by Gasteiger charge is -2.20. The predicted octanol–water partition coefficient (Wildman–Crippen LogP) is 1.53. The highest BCUT2D eigenvalue weighted by atomic mass is 16.3. The van der Waals surface area contributed by atoms with Crippen LogP contribution in [0.2, 0.25) is 0 Å². The summed E-state index contributed by atoms with van der Waals surface area (Å²) in [6, 6.07) is 3.59. The first-order valence-electron chi connectivity index (χ1n) is 7.92. The fourth-order valence-corrected chi connectivity index (χ4v) is 2.63. The standard InChI is InChI=1S/C17H23N3O3/c1-4-12(5-2)14(21)9-19-16(22)13-8-18-15-7-6-11(3)10-20(15)17(13)23/h6-8,10,12,14,21H,4-5,9H2,1-3H3,(H,19,22). The molecule has 0 aliphatic heterocycles. The van der Waals surface area contributed by atoms with Gasteiger partial charge in [-0.05, 0) is 24.5 Å². The number of hydrogen-bond acceptors (Lipinski definition) is 4. The van der Waals surface area contributed by atoms with Crippen molar-refractivity contribution in [2.75, 3.05) is 6.54 Å². The van der Waals surface area contributed by atoms with Crippen LogP contribution < -0.4 is 10.9 Å². The Morgan fingerprint density at radius 2 is 2.04 bits per heavy atom. The van der Waals surface area contributed by atoms with Crippen LogP contribution in [0.15, 0.2) is 29.3 Å². The minimum atomic E-state index is -0.618. The van der Waals surface area contributed by atoms with Crippen molar-refractivity contribution in [1.82, 2.24) is 14.7 Å². The van der Waals surface area contributed by atoms with E-state index in [4.69, 9.17) is 0 Å². The molecule has 0 spiro atoms. The smallest absolute Gasteiger partial charge is 0.270 e. The second-order valence-corrected chi connectivity index (χ2v) is 5.77. The Kier molecular flexibility index (Phi) is 5.50. The van der Waals surface area contributed by atoms with Gasteiger partial charge in [0.1, 0.15) is 11.2 Å². The van der Waals surface area contributed by atoms with E-state index in [1.54, 1.807) is 12.3 Å². The van der Waals surface area contributed by atoms with Gasteiger partial charge in [0.15, 0.2) is 0 Å². The molecular weight excluding hydrogens is 294 g/mol. The summed E-state index contributed by atoms with van der Waals surface area (Å²) in [7, 11) is 0. The van der Waals surface area contributed by atoms with Gasteiger partial charge < -0.3 is 10.4 Å². The maximum absolute atomic E-state index is 12.4. The molecule has 6 nitrogen and oxygen atoms in total. The van der Waals surface area contributed by atoms with Gasteiger partial charge in [-0.15, -0.1) is 0 Å². The number of aliphatic hydroxyl groups is 1. The van der Waals surface area contributed by atoms with Gasteiger partial charge in [0, 0.05) is 18.9 Å². The molecule has 2 rings (SSSR count). The molecule has 2 heterocycles. The van der Waals surface area contributed by atoms with Crippen molar-refractivity contribution in [3.63, 3.8) is 0 Å². The van der Waals surface area contributed by atoms with Crippen molar-refractivity contribution in [2.24, 2.45) is 5.92 Å². The fraction of sp³-hybridized carbons (Fsp3) is 0.471. The van der Waals surface area contributed by atoms with Crippen LogP contribution in [-0.4, -0.2) is 33.0 Å². The van der Waals surface area contributed by atoms with E-state index in [0.717, 1.165) is 18.4 Å². The first-order chi connectivity index (χ1) is 11.0. The van der Waals surface area contributed by atoms with E-state index in [1.807, 2.05) is 26.8 Å². The molecule has 2 aromatic rings. The Bertz CT molecular complexity index is 750. The van der Waals surface area contributed by atoms with Crippen LogP contribution in [0.3, 0.4) is 0 Å². The number of pyridine rings is 1. The number of aryl methyl sites for hydroxylation is 1. The van der Waals surface area contributed by atoms with Crippen molar-refractivity contribution in [3.05, 3.63) is 46.0 Å². The first kappa shape index (κ1) is 17.1. The largest absolute Gasteiger partial charge is 0.391 e. The topological polar surface area (TPSA) is 83.7 Å². The molecule has 23 heavy (non-hydrogen) atoms. The van der Waals surface area contributed by atoms with Gasteiger partial charge in [-0.3, -0.25) is 14.0 Å². The van der Waals surface area contributed by atoms with Gasteiger partial charge >= 0.3 is 0 Å². The van der Waals surface area contributed by atoms with Crippen molar-refractivity contribution in [3.8, 4) is 0 Å². The van der Waals surface area contributed by atoms with E-state index in [9.17, 15) is 14.7 Å². The summed E-state index contributed by atoms with van der Waals surface area (Å²) in [5.74, 6) is -0.378. The highest BCUT2D eigenvalue weighted by Gasteiger charge is 2.18. The van der Waals surface area contributed by atoms with Gasteiger partial charge in [0.2, 0.25) is 0 Å². The molecule has 2 aromatic heterocycles. The molecule has 0 aliphatic rings. The Morgan fingerprint density at radius 3 is 2.70 bits per heavy atom. The van der Waals surface area contributed by atoms with Gasteiger partial charge in [0.25, 0.3) is 11.5 Å². The molecule has 1 amide bonds. The van der Waals surface area contributed by atoms with Crippen molar-refractivity contribution >= 4 is 11.6 Å². The number of rotatable bonds is 6. The molecule has 0 saturated carbocycles. The minimum absolute atomic E-state index is 0.0233. The molecule has 0 bridgehead atoms. The number of nitrogens with zero attached hydrogens (tertiary/aromatic N) is 2. The molecule has 0 fully saturated rings. The summed E-state index contributed by atoms with van der Waals surface area (Å²) in [6.07, 6.45) is 4.00. The molecule has 0 aromatic carbocycles. The molecule has 0 saturated heterocycles. The van der Waals surface area contributed by atoms with Crippen molar-refractivity contribution < 1.29 is 9.90 Å². The number of aliphatic hydroxyl groups excluding tert-OH is 1. The van der Waals surface area contributed by atoms with Gasteiger partial charge in [-0.25, -0.2) is 4.98 Å². The summed E-state index contributed by atoms with van der Waals surface area (Å²) < 4.78 is 1.36. The number of nitrogens with one attached hydrogen (secondary N) is 1. The highest BCUT2D eigenvalue weighted by molar-refractivity contribution is 5.93. The summed E-state index contributed by atoms with van der Waals surface area (Å²) in [5.41, 5.74) is 0.968. The van der Waals surface area contributed by atoms with Crippen LogP contribution in [-0.2, 0) is 0 Å². The summed E-state index contributed by atoms with van der Waals surface area (Å²) >= 11 is 0. The monoisotopic (exact) mass is 317 g/mol. The van der Waals surface area contributed by atoms with E-state index in [1.165, 1.54) is 10.6 Å². The first-order valence-corrected chi connectivity index (χ1v) is 7.92. The molecule has 0 aliphatic carbocycles. The van der Waals surface area contributed by atoms with E-state index in [2.05, 4.69) is 10.3 Å². The summed E-state index contributed by atoms with van der Waals surface area (Å²) in [4.78, 5) is 28.8. The van der Waals surface area contributed by atoms with Crippen LogP contribution in [0.1, 0.15) is 42.6 Å². The number of fused-ring (bicyclic) bond motifs is 1. The van der Waals surface area contributed by atoms with Crippen molar-refractivity contribution in [1.29, 1.82) is 0 Å². The van der Waals surface area contributed by atoms with E-state index < -0.39 is 17.6 Å². The maximum atomic E-state index is 12.4. The Hall–Kier alpha value is -2.21. The minimum Gasteiger partial charge on any atom is -0.391 e. The van der Waals surface area contributed by atoms with E-state index in [0.29, 0.717) is 5.65 Å². The third-order valence-electron chi connectivity index (χ3n) is 4.16. The number of carbonyl (C=O) groups excluding carboxylic acids is 1. The van der Waals surface area contributed by atoms with Gasteiger partial charge in [0.05, 0.1) is 6.10 Å². The molecule has 1 atom stereocenters. The second-order valence-electron chi connectivity index (χ2n) is 5.77. The maximum Gasteiger partial charge on any atom is 0.270 e. The Balaban J connectivity index is 2.18. The average Bonchev–Trinajstić information content (AvgIpc) is 2.54. The lowest BCUT2D eigenvalue weighted by atomic mass is 9.96. The quantitative estimate of drug-likeness (QED) is 0.846. The summed E-state index contributed by atoms with van der Waals surface area (Å²) in [6.45, 7) is 5.99. The van der Waals surface area contributed by atoms with Crippen molar-refractivity contribution in [2.45, 2.75) is 39.7 Å². The number of amides is 1.